The Labute approximate surface area is 142 Å². The largest absolute Gasteiger partial charge is 0.507 e. The van der Waals surface area contributed by atoms with Crippen LogP contribution in [-0.2, 0) is 14.3 Å². The van der Waals surface area contributed by atoms with Crippen molar-refractivity contribution in [3.63, 3.8) is 0 Å². The Hall–Kier alpha value is -2.81. The van der Waals surface area contributed by atoms with Gasteiger partial charge in [-0.2, -0.15) is 5.10 Å². The minimum absolute atomic E-state index is 0.0339. The van der Waals surface area contributed by atoms with Gasteiger partial charge in [-0.05, 0) is 36.4 Å². The van der Waals surface area contributed by atoms with E-state index in [0.717, 1.165) is 23.4 Å². The summed E-state index contributed by atoms with van der Waals surface area (Å²) in [5.74, 6) is -0.450. The van der Waals surface area contributed by atoms with Gasteiger partial charge in [0, 0.05) is 11.6 Å². The smallest absolute Gasteiger partial charge is 0.331 e. The predicted molar refractivity (Wildman–Crippen MR) is 90.3 cm³/mol. The van der Waals surface area contributed by atoms with Gasteiger partial charge in [0.1, 0.15) is 11.5 Å². The van der Waals surface area contributed by atoms with Crippen LogP contribution < -0.4 is 10.1 Å². The highest BCUT2D eigenvalue weighted by atomic mass is 32.2. The van der Waals surface area contributed by atoms with Crippen LogP contribution in [0.25, 0.3) is 0 Å². The van der Waals surface area contributed by atoms with Crippen molar-refractivity contribution in [1.82, 2.24) is 5.32 Å². The number of esters is 1. The van der Waals surface area contributed by atoms with Gasteiger partial charge in [0.15, 0.2) is 5.17 Å². The van der Waals surface area contributed by atoms with E-state index in [4.69, 9.17) is 4.74 Å². The second-order valence-electron chi connectivity index (χ2n) is 4.62. The maximum absolute atomic E-state index is 11.6. The first-order valence-corrected chi connectivity index (χ1v) is 7.53. The molecule has 1 fully saturated rings. The molecule has 1 heterocycles. The highest BCUT2D eigenvalue weighted by Gasteiger charge is 2.25. The maximum Gasteiger partial charge on any atom is 0.331 e. The van der Waals surface area contributed by atoms with Crippen molar-refractivity contribution < 1.29 is 24.2 Å². The van der Waals surface area contributed by atoms with Crippen LogP contribution in [0.1, 0.15) is 11.1 Å². The number of aryl methyl sites for hydroxylation is 1. The molecule has 0 unspecified atom stereocenters. The zero-order valence-corrected chi connectivity index (χ0v) is 14.0. The van der Waals surface area contributed by atoms with E-state index in [0.29, 0.717) is 11.3 Å². The third-order valence-electron chi connectivity index (χ3n) is 2.99. The van der Waals surface area contributed by atoms with E-state index in [1.807, 2.05) is 0 Å². The third-order valence-corrected chi connectivity index (χ3v) is 3.89. The second-order valence-corrected chi connectivity index (χ2v) is 5.65. The van der Waals surface area contributed by atoms with Crippen LogP contribution in [0, 0.1) is 6.92 Å². The molecule has 0 bridgehead atoms. The predicted octanol–water partition coefficient (Wildman–Crippen LogP) is 1.32. The number of benzene rings is 1. The quantitative estimate of drug-likeness (QED) is 0.367. The third kappa shape index (κ3) is 4.13. The number of amidine groups is 1. The molecular formula is C15H15N3O5S. The number of amides is 1. The van der Waals surface area contributed by atoms with Gasteiger partial charge in [-0.1, -0.05) is 0 Å². The van der Waals surface area contributed by atoms with Gasteiger partial charge in [0.2, 0.25) is 0 Å². The summed E-state index contributed by atoms with van der Waals surface area (Å²) >= 11 is 0.961. The molecule has 0 aromatic heterocycles. The Morgan fingerprint density at radius 1 is 1.38 bits per heavy atom. The summed E-state index contributed by atoms with van der Waals surface area (Å²) in [5, 5.41) is 20.2. The number of phenolic OH excluding ortho intramolecular Hbond substituents is 1. The van der Waals surface area contributed by atoms with Crippen molar-refractivity contribution in [1.29, 1.82) is 0 Å². The molecule has 126 valence electrons. The van der Waals surface area contributed by atoms with E-state index in [2.05, 4.69) is 20.3 Å². The molecule has 2 rings (SSSR count). The molecular weight excluding hydrogens is 334 g/mol. The van der Waals surface area contributed by atoms with Crippen LogP contribution in [-0.4, -0.2) is 42.6 Å². The van der Waals surface area contributed by atoms with E-state index in [1.54, 1.807) is 19.1 Å². The summed E-state index contributed by atoms with van der Waals surface area (Å²) in [4.78, 5) is 23.0. The number of ether oxygens (including phenoxy) is 2. The summed E-state index contributed by atoms with van der Waals surface area (Å²) in [5.41, 5.74) is 1.20. The molecule has 24 heavy (non-hydrogen) atoms. The van der Waals surface area contributed by atoms with E-state index in [1.165, 1.54) is 20.4 Å². The highest BCUT2D eigenvalue weighted by molar-refractivity contribution is 8.18. The lowest BCUT2D eigenvalue weighted by atomic mass is 10.1. The average molecular weight is 349 g/mol. The molecule has 9 heteroatoms. The van der Waals surface area contributed by atoms with Crippen molar-refractivity contribution in [3.05, 3.63) is 34.2 Å². The number of thioether (sulfide) groups is 1. The lowest BCUT2D eigenvalue weighted by Gasteiger charge is -2.06. The van der Waals surface area contributed by atoms with Crippen LogP contribution in [0.2, 0.25) is 0 Å². The fourth-order valence-electron chi connectivity index (χ4n) is 1.80. The van der Waals surface area contributed by atoms with Gasteiger partial charge in [0.05, 0.1) is 25.3 Å². The number of nitrogens with one attached hydrogen (secondary N) is 1. The first-order valence-electron chi connectivity index (χ1n) is 6.72. The fraction of sp³-hybridized carbons (Fsp3) is 0.200. The molecule has 1 aromatic carbocycles. The van der Waals surface area contributed by atoms with Gasteiger partial charge in [-0.15, -0.1) is 5.10 Å². The Kier molecular flexibility index (Phi) is 5.59. The second kappa shape index (κ2) is 7.64. The molecule has 1 aliphatic heterocycles. The normalized spacial score (nSPS) is 17.5. The maximum atomic E-state index is 11.6. The molecule has 0 spiro atoms. The highest BCUT2D eigenvalue weighted by Crippen LogP contribution is 2.26. The lowest BCUT2D eigenvalue weighted by Crippen LogP contribution is -2.19. The SMILES string of the molecule is COC(=O)/C=C1/S/C(=N\N=Cc2cc(OC)c(C)cc2O)NC1=O. The molecule has 0 saturated carbocycles. The number of carbonyl (C=O) groups excluding carboxylic acids is 2. The van der Waals surface area contributed by atoms with Gasteiger partial charge in [-0.3, -0.25) is 10.1 Å². The van der Waals surface area contributed by atoms with Crippen LogP contribution in [0.3, 0.4) is 0 Å². The summed E-state index contributed by atoms with van der Waals surface area (Å²) in [6.07, 6.45) is 2.40. The van der Waals surface area contributed by atoms with E-state index < -0.39 is 11.9 Å². The van der Waals surface area contributed by atoms with Gasteiger partial charge >= 0.3 is 5.97 Å². The zero-order chi connectivity index (χ0) is 17.7. The topological polar surface area (TPSA) is 110 Å². The molecule has 2 N–H and O–H groups in total. The van der Waals surface area contributed by atoms with Crippen LogP contribution in [0.15, 0.2) is 33.3 Å². The number of hydrogen-bond donors (Lipinski definition) is 2. The number of hydrogen-bond acceptors (Lipinski definition) is 8. The first-order chi connectivity index (χ1) is 11.4. The standard InChI is InChI=1S/C15H15N3O5S/c1-8-4-10(19)9(5-11(8)22-2)7-16-18-15-17-14(21)12(24-15)6-13(20)23-3/h4-7,19H,1-3H3,(H,17,18,21)/b12-6+,16-7?. The van der Waals surface area contributed by atoms with Crippen molar-refractivity contribution in [3.8, 4) is 11.5 Å². The minimum atomic E-state index is -0.630. The lowest BCUT2D eigenvalue weighted by molar-refractivity contribution is -0.135. The number of methoxy groups -OCH3 is 2. The molecule has 0 aliphatic carbocycles. The molecule has 1 aliphatic rings. The summed E-state index contributed by atoms with van der Waals surface area (Å²) < 4.78 is 9.64. The van der Waals surface area contributed by atoms with Crippen molar-refractivity contribution in [2.24, 2.45) is 10.2 Å². The summed E-state index contributed by atoms with van der Waals surface area (Å²) in [7, 11) is 2.75. The number of nitrogens with zero attached hydrogens (tertiary/aromatic N) is 2. The van der Waals surface area contributed by atoms with Crippen molar-refractivity contribution in [2.75, 3.05) is 14.2 Å². The Morgan fingerprint density at radius 2 is 2.12 bits per heavy atom. The number of aromatic hydroxyl groups is 1. The molecule has 0 atom stereocenters. The van der Waals surface area contributed by atoms with Crippen molar-refractivity contribution in [2.45, 2.75) is 6.92 Å². The van der Waals surface area contributed by atoms with Gasteiger partial charge < -0.3 is 14.6 Å². The van der Waals surface area contributed by atoms with Crippen LogP contribution >= 0.6 is 11.8 Å². The molecule has 0 radical (unpaired) electrons. The molecule has 1 amide bonds. The Morgan fingerprint density at radius 3 is 2.79 bits per heavy atom. The minimum Gasteiger partial charge on any atom is -0.507 e. The summed E-state index contributed by atoms with van der Waals surface area (Å²) in [6, 6.07) is 3.17. The first kappa shape index (κ1) is 17.5. The summed E-state index contributed by atoms with van der Waals surface area (Å²) in [6.45, 7) is 1.81. The Balaban J connectivity index is 2.14. The average Bonchev–Trinajstić information content (AvgIpc) is 2.89. The van der Waals surface area contributed by atoms with E-state index in [-0.39, 0.29) is 15.8 Å². The zero-order valence-electron chi connectivity index (χ0n) is 13.2. The van der Waals surface area contributed by atoms with Crippen molar-refractivity contribution >= 4 is 35.0 Å². The molecule has 1 saturated heterocycles. The van der Waals surface area contributed by atoms with Crippen LogP contribution in [0.5, 0.6) is 11.5 Å². The van der Waals surface area contributed by atoms with E-state index >= 15 is 0 Å². The van der Waals surface area contributed by atoms with E-state index in [9.17, 15) is 14.7 Å². The fourth-order valence-corrected chi connectivity index (χ4v) is 2.54. The van der Waals surface area contributed by atoms with Gasteiger partial charge in [-0.25, -0.2) is 4.79 Å². The van der Waals surface area contributed by atoms with Gasteiger partial charge in [0.25, 0.3) is 5.91 Å². The monoisotopic (exact) mass is 349 g/mol. The van der Waals surface area contributed by atoms with Crippen LogP contribution in [0.4, 0.5) is 0 Å². The number of rotatable bonds is 4. The molecule has 1 aromatic rings. The molecule has 8 nitrogen and oxygen atoms in total. The Bertz CT molecular complexity index is 771. The number of phenols is 1. The number of carbonyl (C=O) groups is 2.